The molecule has 4 rings (SSSR count). The smallest absolute Gasteiger partial charge is 0.617 e. The summed E-state index contributed by atoms with van der Waals surface area (Å²) in [6.45, 7) is 2.80. The summed E-state index contributed by atoms with van der Waals surface area (Å²) in [5.74, 6) is -0.507. The van der Waals surface area contributed by atoms with Crippen molar-refractivity contribution in [2.75, 3.05) is 39.8 Å². The first-order chi connectivity index (χ1) is 11.6. The average molecular weight is 385 g/mol. The molecule has 3 aliphatic heterocycles. The molecular weight excluding hydrogens is 367 g/mol. The predicted octanol–water partition coefficient (Wildman–Crippen LogP) is -0.431. The van der Waals surface area contributed by atoms with Crippen molar-refractivity contribution in [1.29, 1.82) is 0 Å². The van der Waals surface area contributed by atoms with E-state index in [-0.39, 0.29) is 42.1 Å². The van der Waals surface area contributed by atoms with E-state index in [4.69, 9.17) is 9.47 Å². The minimum atomic E-state index is -0.265. The quantitative estimate of drug-likeness (QED) is 0.338. The van der Waals surface area contributed by atoms with E-state index in [0.717, 1.165) is 5.69 Å². The van der Waals surface area contributed by atoms with E-state index in [9.17, 15) is 9.59 Å². The van der Waals surface area contributed by atoms with Crippen LogP contribution in [0.4, 0.5) is 0 Å². The maximum absolute atomic E-state index is 11.7. The van der Waals surface area contributed by atoms with E-state index in [1.807, 2.05) is 35.0 Å². The molecule has 0 atom stereocenters. The number of aromatic nitrogens is 1. The molecule has 0 spiro atoms. The molecule has 2 bridgehead atoms. The largest absolute Gasteiger partial charge is 2.00 e. The SMILES string of the molecule is CN1CCN2CC(=O)O[C-]2c2cccc(n2)CN2CC(=O)O[C-]2C1.[Mn+2]. The molecule has 0 aromatic carbocycles. The van der Waals surface area contributed by atoms with Crippen LogP contribution in [-0.2, 0) is 42.7 Å². The average Bonchev–Trinajstić information content (AvgIpc) is 3.07. The summed E-state index contributed by atoms with van der Waals surface area (Å²) in [4.78, 5) is 33.8. The fourth-order valence-electron chi connectivity index (χ4n) is 3.06. The van der Waals surface area contributed by atoms with Crippen molar-refractivity contribution < 1.29 is 36.1 Å². The Bertz CT molecular complexity index is 673. The van der Waals surface area contributed by atoms with Crippen LogP contribution in [0.3, 0.4) is 0 Å². The van der Waals surface area contributed by atoms with Gasteiger partial charge < -0.3 is 24.2 Å². The number of ether oxygens (including phenoxy) is 2. The fraction of sp³-hybridized carbons (Fsp3) is 0.438. The molecule has 2 fully saturated rings. The van der Waals surface area contributed by atoms with Crippen molar-refractivity contribution in [3.8, 4) is 0 Å². The van der Waals surface area contributed by atoms with E-state index >= 15 is 0 Å². The molecule has 9 heteroatoms. The molecule has 0 aliphatic carbocycles. The maximum atomic E-state index is 11.7. The zero-order valence-electron chi connectivity index (χ0n) is 13.8. The standard InChI is InChI=1S/C16H18N4O4.Mn/c1-18-5-6-19-9-15(22)24-16(19)12-4-2-3-11(17-12)7-20-10-14(21)23-13(20)8-18;/h2-4H,5-10H2,1H3;/q-2;+2. The van der Waals surface area contributed by atoms with Gasteiger partial charge in [0.05, 0.1) is 13.1 Å². The Balaban J connectivity index is 0.00000182. The molecule has 2 saturated heterocycles. The third kappa shape index (κ3) is 3.80. The number of hydrogen-bond acceptors (Lipinski definition) is 8. The van der Waals surface area contributed by atoms with Gasteiger partial charge in [-0.25, -0.2) is 0 Å². The minimum absolute atomic E-state index is 0. The van der Waals surface area contributed by atoms with Gasteiger partial charge in [-0.2, -0.15) is 6.07 Å². The van der Waals surface area contributed by atoms with Crippen LogP contribution in [0.25, 0.3) is 0 Å². The first-order valence-electron chi connectivity index (χ1n) is 7.87. The van der Waals surface area contributed by atoms with Gasteiger partial charge in [0.15, 0.2) is 0 Å². The molecule has 3 aliphatic rings. The Labute approximate surface area is 156 Å². The summed E-state index contributed by atoms with van der Waals surface area (Å²) < 4.78 is 10.7. The Morgan fingerprint density at radius 1 is 1.04 bits per heavy atom. The Kier molecular flexibility index (Phi) is 5.31. The fourth-order valence-corrected chi connectivity index (χ4v) is 3.06. The molecule has 8 nitrogen and oxygen atoms in total. The molecule has 133 valence electrons. The van der Waals surface area contributed by atoms with Gasteiger partial charge in [0.25, 0.3) is 5.97 Å². The molecule has 0 N–H and O–H groups in total. The summed E-state index contributed by atoms with van der Waals surface area (Å²) >= 11 is 0. The van der Waals surface area contributed by atoms with Gasteiger partial charge in [0, 0.05) is 31.6 Å². The first-order valence-corrected chi connectivity index (χ1v) is 7.87. The third-order valence-electron chi connectivity index (χ3n) is 4.26. The summed E-state index contributed by atoms with van der Waals surface area (Å²) in [5.41, 5.74) is 1.43. The molecule has 1 aromatic rings. The molecule has 1 aromatic heterocycles. The van der Waals surface area contributed by atoms with Crippen LogP contribution in [0.15, 0.2) is 18.2 Å². The Morgan fingerprint density at radius 2 is 1.80 bits per heavy atom. The number of carbonyl (C=O) groups excluding carboxylic acids is 2. The van der Waals surface area contributed by atoms with Gasteiger partial charge in [-0.3, -0.25) is 14.6 Å². The number of pyridine rings is 1. The van der Waals surface area contributed by atoms with Crippen molar-refractivity contribution in [1.82, 2.24) is 19.7 Å². The molecule has 4 heterocycles. The topological polar surface area (TPSA) is 75.2 Å². The van der Waals surface area contributed by atoms with Gasteiger partial charge in [-0.1, -0.05) is 18.8 Å². The van der Waals surface area contributed by atoms with Crippen LogP contribution >= 0.6 is 0 Å². The van der Waals surface area contributed by atoms with E-state index < -0.39 is 0 Å². The second-order valence-electron chi connectivity index (χ2n) is 6.18. The van der Waals surface area contributed by atoms with E-state index in [2.05, 4.69) is 9.88 Å². The summed E-state index contributed by atoms with van der Waals surface area (Å²) in [5, 5.41) is 0. The van der Waals surface area contributed by atoms with E-state index in [1.165, 1.54) is 0 Å². The van der Waals surface area contributed by atoms with E-state index in [0.29, 0.717) is 44.3 Å². The van der Waals surface area contributed by atoms with Crippen molar-refractivity contribution >= 4 is 11.9 Å². The molecule has 1 radical (unpaired) electrons. The number of fused-ring (bicyclic) bond motifs is 5. The molecule has 0 amide bonds. The van der Waals surface area contributed by atoms with Gasteiger partial charge in [-0.05, 0) is 12.7 Å². The van der Waals surface area contributed by atoms with Crippen molar-refractivity contribution in [3.05, 3.63) is 42.0 Å². The van der Waals surface area contributed by atoms with Crippen LogP contribution in [0, 0.1) is 12.5 Å². The summed E-state index contributed by atoms with van der Waals surface area (Å²) in [7, 11) is 1.96. The maximum Gasteiger partial charge on any atom is 2.00 e. The zero-order chi connectivity index (χ0) is 16.7. The monoisotopic (exact) mass is 385 g/mol. The van der Waals surface area contributed by atoms with Gasteiger partial charge >= 0.3 is 23.0 Å². The van der Waals surface area contributed by atoms with Crippen LogP contribution in [0.1, 0.15) is 11.4 Å². The van der Waals surface area contributed by atoms with Crippen molar-refractivity contribution in [3.63, 3.8) is 0 Å². The number of carbonyl (C=O) groups is 2. The predicted molar refractivity (Wildman–Crippen MR) is 81.5 cm³/mol. The second-order valence-corrected chi connectivity index (χ2v) is 6.18. The first kappa shape index (κ1) is 18.2. The molecule has 0 saturated carbocycles. The summed E-state index contributed by atoms with van der Waals surface area (Å²) in [6, 6.07) is 5.60. The number of rotatable bonds is 0. The molecular formula is C16H18MnN4O4. The van der Waals surface area contributed by atoms with E-state index in [1.54, 1.807) is 0 Å². The van der Waals surface area contributed by atoms with Crippen molar-refractivity contribution in [2.24, 2.45) is 0 Å². The normalized spacial score (nSPS) is 23.0. The van der Waals surface area contributed by atoms with Gasteiger partial charge in [0.1, 0.15) is 0 Å². The van der Waals surface area contributed by atoms with Crippen LogP contribution in [-0.4, -0.2) is 71.4 Å². The van der Waals surface area contributed by atoms with Crippen molar-refractivity contribution in [2.45, 2.75) is 6.54 Å². The zero-order valence-corrected chi connectivity index (χ0v) is 15.0. The number of hydrogen-bond donors (Lipinski definition) is 0. The van der Waals surface area contributed by atoms with Gasteiger partial charge in [-0.15, -0.1) is 6.07 Å². The number of likely N-dealkylation sites (N-methyl/N-ethyl adjacent to an activating group) is 1. The second kappa shape index (κ2) is 7.31. The minimum Gasteiger partial charge on any atom is -0.617 e. The third-order valence-corrected chi connectivity index (χ3v) is 4.26. The van der Waals surface area contributed by atoms with Crippen LogP contribution < -0.4 is 0 Å². The summed E-state index contributed by atoms with van der Waals surface area (Å²) in [6.07, 6.45) is 1.15. The number of nitrogens with zero attached hydrogens (tertiary/aromatic N) is 4. The van der Waals surface area contributed by atoms with Gasteiger partial charge in [0.2, 0.25) is 0 Å². The van der Waals surface area contributed by atoms with Crippen LogP contribution in [0.5, 0.6) is 0 Å². The Hall–Kier alpha value is -1.64. The Morgan fingerprint density at radius 3 is 2.64 bits per heavy atom. The molecule has 0 unspecified atom stereocenters. The van der Waals surface area contributed by atoms with Crippen LogP contribution in [0.2, 0.25) is 0 Å². The molecule has 25 heavy (non-hydrogen) atoms. The number of esters is 2.